The Morgan fingerprint density at radius 3 is 2.19 bits per heavy atom. The number of carbonyl (C=O) groups is 2. The minimum atomic E-state index is -0.293. The van der Waals surface area contributed by atoms with Gasteiger partial charge in [0.25, 0.3) is 0 Å². The van der Waals surface area contributed by atoms with E-state index >= 15 is 0 Å². The summed E-state index contributed by atoms with van der Waals surface area (Å²) in [6, 6.07) is 16.4. The van der Waals surface area contributed by atoms with Crippen LogP contribution in [0.15, 0.2) is 54.6 Å². The first-order chi connectivity index (χ1) is 12.6. The topological polar surface area (TPSA) is 70.2 Å². The van der Waals surface area contributed by atoms with Crippen molar-refractivity contribution in [1.82, 2.24) is 5.32 Å². The number of carbonyl (C=O) groups excluding carboxylic acids is 2. The van der Waals surface area contributed by atoms with Gasteiger partial charge in [0.05, 0.1) is 11.8 Å². The van der Waals surface area contributed by atoms with Gasteiger partial charge in [-0.3, -0.25) is 4.79 Å². The Balaban J connectivity index is 1.83. The van der Waals surface area contributed by atoms with E-state index in [0.29, 0.717) is 11.4 Å². The van der Waals surface area contributed by atoms with Gasteiger partial charge in [-0.2, -0.15) is 11.8 Å². The molecule has 0 saturated carbocycles. The Hall–Kier alpha value is -2.47. The predicted octanol–water partition coefficient (Wildman–Crippen LogP) is 4.65. The zero-order valence-electron chi connectivity index (χ0n) is 15.1. The summed E-state index contributed by atoms with van der Waals surface area (Å²) >= 11 is 1.64. The molecule has 1 atom stereocenters. The number of nitrogens with one attached hydrogen (secondary N) is 3. The Bertz CT molecular complexity index is 705. The zero-order chi connectivity index (χ0) is 18.8. The van der Waals surface area contributed by atoms with Crippen molar-refractivity contribution in [3.63, 3.8) is 0 Å². The Kier molecular flexibility index (Phi) is 8.02. The number of amides is 3. The van der Waals surface area contributed by atoms with E-state index in [0.717, 1.165) is 23.4 Å². The van der Waals surface area contributed by atoms with E-state index < -0.39 is 0 Å². The monoisotopic (exact) mass is 371 g/mol. The zero-order valence-corrected chi connectivity index (χ0v) is 15.9. The summed E-state index contributed by atoms with van der Waals surface area (Å²) in [6.45, 7) is 4.05. The Morgan fingerprint density at radius 1 is 0.962 bits per heavy atom. The van der Waals surface area contributed by atoms with Crippen LogP contribution in [0, 0.1) is 0 Å². The largest absolute Gasteiger partial charge is 0.349 e. The molecule has 3 amide bonds. The van der Waals surface area contributed by atoms with Crippen molar-refractivity contribution >= 4 is 35.1 Å². The van der Waals surface area contributed by atoms with E-state index in [9.17, 15) is 9.59 Å². The minimum absolute atomic E-state index is 0.0420. The molecule has 3 N–H and O–H groups in total. The van der Waals surface area contributed by atoms with Crippen LogP contribution in [-0.4, -0.2) is 23.4 Å². The maximum absolute atomic E-state index is 12.0. The predicted molar refractivity (Wildman–Crippen MR) is 110 cm³/mol. The molecule has 2 rings (SSSR count). The van der Waals surface area contributed by atoms with Gasteiger partial charge in [-0.25, -0.2) is 4.79 Å². The number of urea groups is 1. The maximum Gasteiger partial charge on any atom is 0.323 e. The third-order valence-corrected chi connectivity index (χ3v) is 4.82. The number of anilines is 2. The lowest BCUT2D eigenvalue weighted by Gasteiger charge is -2.15. The lowest BCUT2D eigenvalue weighted by molar-refractivity contribution is -0.119. The molecule has 1 unspecified atom stereocenters. The van der Waals surface area contributed by atoms with Crippen molar-refractivity contribution in [2.45, 2.75) is 26.3 Å². The maximum atomic E-state index is 12.0. The van der Waals surface area contributed by atoms with Gasteiger partial charge in [0.15, 0.2) is 0 Å². The molecule has 2 aromatic rings. The molecule has 0 aliphatic heterocycles. The Morgan fingerprint density at radius 2 is 1.58 bits per heavy atom. The smallest absolute Gasteiger partial charge is 0.323 e. The number of thioether (sulfide) groups is 1. The van der Waals surface area contributed by atoms with E-state index in [1.54, 1.807) is 11.8 Å². The van der Waals surface area contributed by atoms with Gasteiger partial charge in [0.1, 0.15) is 0 Å². The third-order valence-electron chi connectivity index (χ3n) is 3.66. The lowest BCUT2D eigenvalue weighted by atomic mass is 10.1. The van der Waals surface area contributed by atoms with Gasteiger partial charge in [-0.1, -0.05) is 37.3 Å². The van der Waals surface area contributed by atoms with Crippen LogP contribution in [0.25, 0.3) is 0 Å². The molecular formula is C20H25N3O2S. The average molecular weight is 372 g/mol. The fourth-order valence-electron chi connectivity index (χ4n) is 2.35. The molecule has 0 heterocycles. The number of para-hydroxylation sites is 1. The summed E-state index contributed by atoms with van der Waals surface area (Å²) in [5, 5.41) is 8.55. The van der Waals surface area contributed by atoms with Gasteiger partial charge in [0.2, 0.25) is 5.91 Å². The third kappa shape index (κ3) is 6.80. The van der Waals surface area contributed by atoms with Crippen LogP contribution in [-0.2, 0) is 4.79 Å². The Labute approximate surface area is 159 Å². The second-order valence-electron chi connectivity index (χ2n) is 5.91. The fraction of sp³-hybridized carbons (Fsp3) is 0.300. The van der Waals surface area contributed by atoms with E-state index in [2.05, 4.69) is 22.9 Å². The summed E-state index contributed by atoms with van der Waals surface area (Å²) in [5.74, 6) is 1.52. The molecule has 0 aliphatic rings. The average Bonchev–Trinajstić information content (AvgIpc) is 2.63. The van der Waals surface area contributed by atoms with Crippen LogP contribution in [0.5, 0.6) is 0 Å². The van der Waals surface area contributed by atoms with Crippen molar-refractivity contribution in [3.05, 3.63) is 60.2 Å². The SMILES string of the molecule is CCCSCC(=O)NC(C)c1ccc(NC(=O)Nc2ccccc2)cc1. The van der Waals surface area contributed by atoms with Crippen molar-refractivity contribution in [2.75, 3.05) is 22.1 Å². The van der Waals surface area contributed by atoms with E-state index in [1.165, 1.54) is 0 Å². The van der Waals surface area contributed by atoms with E-state index in [4.69, 9.17) is 0 Å². The van der Waals surface area contributed by atoms with Crippen LogP contribution in [0.2, 0.25) is 0 Å². The summed E-state index contributed by atoms with van der Waals surface area (Å²) in [4.78, 5) is 23.9. The molecule has 0 bridgehead atoms. The van der Waals surface area contributed by atoms with Crippen molar-refractivity contribution in [2.24, 2.45) is 0 Å². The molecule has 0 fully saturated rings. The van der Waals surface area contributed by atoms with E-state index in [-0.39, 0.29) is 18.0 Å². The summed E-state index contributed by atoms with van der Waals surface area (Å²) < 4.78 is 0. The molecular weight excluding hydrogens is 346 g/mol. The molecule has 2 aromatic carbocycles. The van der Waals surface area contributed by atoms with Crippen molar-refractivity contribution < 1.29 is 9.59 Å². The highest BCUT2D eigenvalue weighted by Gasteiger charge is 2.10. The first-order valence-corrected chi connectivity index (χ1v) is 9.84. The summed E-state index contributed by atoms with van der Waals surface area (Å²) in [5.41, 5.74) is 2.42. The quantitative estimate of drug-likeness (QED) is 0.592. The number of benzene rings is 2. The number of hydrogen-bond acceptors (Lipinski definition) is 3. The van der Waals surface area contributed by atoms with Crippen LogP contribution < -0.4 is 16.0 Å². The van der Waals surface area contributed by atoms with Crippen LogP contribution in [0.3, 0.4) is 0 Å². The van der Waals surface area contributed by atoms with Gasteiger partial charge in [0, 0.05) is 11.4 Å². The van der Waals surface area contributed by atoms with Gasteiger partial charge < -0.3 is 16.0 Å². The highest BCUT2D eigenvalue weighted by molar-refractivity contribution is 7.99. The van der Waals surface area contributed by atoms with Crippen LogP contribution >= 0.6 is 11.8 Å². The summed E-state index contributed by atoms with van der Waals surface area (Å²) in [7, 11) is 0. The minimum Gasteiger partial charge on any atom is -0.349 e. The highest BCUT2D eigenvalue weighted by atomic mass is 32.2. The van der Waals surface area contributed by atoms with E-state index in [1.807, 2.05) is 61.5 Å². The molecule has 6 heteroatoms. The molecule has 5 nitrogen and oxygen atoms in total. The molecule has 26 heavy (non-hydrogen) atoms. The molecule has 0 aliphatic carbocycles. The molecule has 0 saturated heterocycles. The second-order valence-corrected chi connectivity index (χ2v) is 7.01. The van der Waals surface area contributed by atoms with Crippen LogP contribution in [0.1, 0.15) is 31.9 Å². The summed E-state index contributed by atoms with van der Waals surface area (Å²) in [6.07, 6.45) is 1.07. The van der Waals surface area contributed by atoms with Gasteiger partial charge in [-0.05, 0) is 48.9 Å². The fourth-order valence-corrected chi connectivity index (χ4v) is 3.05. The van der Waals surface area contributed by atoms with Crippen LogP contribution in [0.4, 0.5) is 16.2 Å². The highest BCUT2D eigenvalue weighted by Crippen LogP contribution is 2.17. The molecule has 138 valence electrons. The first kappa shape index (κ1) is 19.8. The van der Waals surface area contributed by atoms with Crippen molar-refractivity contribution in [3.8, 4) is 0 Å². The van der Waals surface area contributed by atoms with Crippen molar-refractivity contribution in [1.29, 1.82) is 0 Å². The standard InChI is InChI=1S/C20H25N3O2S/c1-3-13-26-14-19(24)21-15(2)16-9-11-18(12-10-16)23-20(25)22-17-7-5-4-6-8-17/h4-12,15H,3,13-14H2,1-2H3,(H,21,24)(H2,22,23,25). The molecule has 0 aromatic heterocycles. The molecule has 0 spiro atoms. The number of hydrogen-bond donors (Lipinski definition) is 3. The second kappa shape index (κ2) is 10.5. The lowest BCUT2D eigenvalue weighted by Crippen LogP contribution is -2.28. The normalized spacial score (nSPS) is 11.5. The first-order valence-electron chi connectivity index (χ1n) is 8.68. The molecule has 0 radical (unpaired) electrons. The number of rotatable bonds is 8. The van der Waals surface area contributed by atoms with Gasteiger partial charge >= 0.3 is 6.03 Å². The van der Waals surface area contributed by atoms with Gasteiger partial charge in [-0.15, -0.1) is 0 Å².